The molecule has 0 aliphatic carbocycles. The Kier molecular flexibility index (Phi) is 2.91. The molecule has 0 amide bonds. The van der Waals surface area contributed by atoms with Gasteiger partial charge in [0.15, 0.2) is 0 Å². The van der Waals surface area contributed by atoms with Crippen LogP contribution in [0.1, 0.15) is 11.4 Å². The Morgan fingerprint density at radius 2 is 2.22 bits per heavy atom. The molecule has 1 aliphatic heterocycles. The van der Waals surface area contributed by atoms with Crippen molar-refractivity contribution in [3.05, 3.63) is 41.9 Å². The number of nitrogens with zero attached hydrogens (tertiary/aromatic N) is 4. The van der Waals surface area contributed by atoms with Gasteiger partial charge in [-0.2, -0.15) is 0 Å². The minimum Gasteiger partial charge on any atom is -0.347 e. The molecular formula is C12H12ClFN4. The SMILES string of the molecule is Fc1cnc(N2CCn3ccnc3C2)c(CCl)c1. The van der Waals surface area contributed by atoms with E-state index >= 15 is 0 Å². The smallest absolute Gasteiger partial charge is 0.141 e. The fourth-order valence-corrected chi connectivity index (χ4v) is 2.41. The van der Waals surface area contributed by atoms with E-state index in [9.17, 15) is 4.39 Å². The van der Waals surface area contributed by atoms with Gasteiger partial charge in [0, 0.05) is 31.0 Å². The zero-order valence-corrected chi connectivity index (χ0v) is 10.4. The highest BCUT2D eigenvalue weighted by Gasteiger charge is 2.20. The van der Waals surface area contributed by atoms with Crippen LogP contribution in [0.5, 0.6) is 0 Å². The van der Waals surface area contributed by atoms with Crippen molar-refractivity contribution in [3.8, 4) is 0 Å². The fraction of sp³-hybridized carbons (Fsp3) is 0.333. The predicted octanol–water partition coefficient (Wildman–Crippen LogP) is 2.18. The topological polar surface area (TPSA) is 34.0 Å². The average Bonchev–Trinajstić information content (AvgIpc) is 2.85. The molecule has 0 radical (unpaired) electrons. The average molecular weight is 267 g/mol. The van der Waals surface area contributed by atoms with Crippen LogP contribution in [0, 0.1) is 5.82 Å². The Bertz CT molecular complexity index is 569. The monoisotopic (exact) mass is 266 g/mol. The fourth-order valence-electron chi connectivity index (χ4n) is 2.21. The van der Waals surface area contributed by atoms with Gasteiger partial charge in [-0.1, -0.05) is 0 Å². The van der Waals surface area contributed by atoms with Crippen molar-refractivity contribution >= 4 is 17.4 Å². The van der Waals surface area contributed by atoms with Crippen molar-refractivity contribution in [3.63, 3.8) is 0 Å². The molecule has 3 heterocycles. The minimum absolute atomic E-state index is 0.255. The van der Waals surface area contributed by atoms with Gasteiger partial charge in [0.25, 0.3) is 0 Å². The van der Waals surface area contributed by atoms with Gasteiger partial charge >= 0.3 is 0 Å². The van der Waals surface area contributed by atoms with E-state index in [1.165, 1.54) is 12.3 Å². The van der Waals surface area contributed by atoms with Gasteiger partial charge in [-0.05, 0) is 6.07 Å². The van der Waals surface area contributed by atoms with Gasteiger partial charge in [0.2, 0.25) is 0 Å². The summed E-state index contributed by atoms with van der Waals surface area (Å²) in [7, 11) is 0. The summed E-state index contributed by atoms with van der Waals surface area (Å²) in [5.74, 6) is 1.65. The number of hydrogen-bond donors (Lipinski definition) is 0. The lowest BCUT2D eigenvalue weighted by Gasteiger charge is -2.29. The van der Waals surface area contributed by atoms with Crippen molar-refractivity contribution in [2.24, 2.45) is 0 Å². The van der Waals surface area contributed by atoms with E-state index < -0.39 is 0 Å². The van der Waals surface area contributed by atoms with Crippen LogP contribution in [0.3, 0.4) is 0 Å². The standard InChI is InChI=1S/C12H12ClFN4/c13-6-9-5-10(14)7-16-12(9)18-4-3-17-2-1-15-11(17)8-18/h1-2,5,7H,3-4,6,8H2. The van der Waals surface area contributed by atoms with Crippen LogP contribution in [-0.4, -0.2) is 21.1 Å². The van der Waals surface area contributed by atoms with E-state index in [0.717, 1.165) is 30.3 Å². The molecule has 4 nitrogen and oxygen atoms in total. The van der Waals surface area contributed by atoms with Crippen LogP contribution >= 0.6 is 11.6 Å². The maximum atomic E-state index is 13.1. The van der Waals surface area contributed by atoms with Crippen molar-refractivity contribution in [2.45, 2.75) is 19.0 Å². The largest absolute Gasteiger partial charge is 0.347 e. The lowest BCUT2D eigenvalue weighted by molar-refractivity contribution is 0.553. The molecule has 0 atom stereocenters. The van der Waals surface area contributed by atoms with Gasteiger partial charge < -0.3 is 9.47 Å². The maximum absolute atomic E-state index is 13.1. The van der Waals surface area contributed by atoms with E-state index in [2.05, 4.69) is 19.4 Å². The number of halogens is 2. The summed E-state index contributed by atoms with van der Waals surface area (Å²) in [6, 6.07) is 1.44. The van der Waals surface area contributed by atoms with Crippen molar-refractivity contribution < 1.29 is 4.39 Å². The third-order valence-electron chi connectivity index (χ3n) is 3.10. The molecule has 0 fully saturated rings. The number of alkyl halides is 1. The molecule has 0 unspecified atom stereocenters. The Morgan fingerprint density at radius 3 is 3.06 bits per heavy atom. The molecule has 1 aliphatic rings. The molecule has 94 valence electrons. The van der Waals surface area contributed by atoms with Crippen LogP contribution < -0.4 is 4.90 Å². The molecule has 0 aromatic carbocycles. The Morgan fingerprint density at radius 1 is 1.33 bits per heavy atom. The first kappa shape index (κ1) is 11.5. The normalized spacial score (nSPS) is 14.7. The van der Waals surface area contributed by atoms with Crippen molar-refractivity contribution in [2.75, 3.05) is 11.4 Å². The highest BCUT2D eigenvalue weighted by Crippen LogP contribution is 2.24. The van der Waals surface area contributed by atoms with Crippen LogP contribution in [0.2, 0.25) is 0 Å². The Labute approximate surface area is 109 Å². The van der Waals surface area contributed by atoms with Gasteiger partial charge in [-0.3, -0.25) is 0 Å². The number of imidazole rings is 1. The Balaban J connectivity index is 1.93. The Hall–Kier alpha value is -1.62. The lowest BCUT2D eigenvalue weighted by atomic mass is 10.2. The van der Waals surface area contributed by atoms with Crippen LogP contribution in [0.15, 0.2) is 24.7 Å². The second-order valence-electron chi connectivity index (χ2n) is 4.23. The van der Waals surface area contributed by atoms with E-state index in [-0.39, 0.29) is 11.7 Å². The molecule has 0 saturated carbocycles. The predicted molar refractivity (Wildman–Crippen MR) is 67.0 cm³/mol. The molecule has 0 spiro atoms. The van der Waals surface area contributed by atoms with Gasteiger partial charge in [0.1, 0.15) is 17.5 Å². The minimum atomic E-state index is -0.354. The number of fused-ring (bicyclic) bond motifs is 1. The number of rotatable bonds is 2. The number of aromatic nitrogens is 3. The number of pyridine rings is 1. The third-order valence-corrected chi connectivity index (χ3v) is 3.39. The van der Waals surface area contributed by atoms with Crippen molar-refractivity contribution in [1.29, 1.82) is 0 Å². The van der Waals surface area contributed by atoms with Gasteiger partial charge in [-0.25, -0.2) is 14.4 Å². The molecule has 3 rings (SSSR count). The van der Waals surface area contributed by atoms with E-state index in [0.29, 0.717) is 6.54 Å². The summed E-state index contributed by atoms with van der Waals surface area (Å²) >= 11 is 5.85. The number of anilines is 1. The first-order chi connectivity index (χ1) is 8.78. The molecule has 0 bridgehead atoms. The van der Waals surface area contributed by atoms with E-state index in [1.807, 2.05) is 6.20 Å². The summed E-state index contributed by atoms with van der Waals surface area (Å²) in [4.78, 5) is 10.5. The molecule has 0 saturated heterocycles. The number of hydrogen-bond acceptors (Lipinski definition) is 3. The highest BCUT2D eigenvalue weighted by molar-refractivity contribution is 6.17. The third kappa shape index (κ3) is 1.95. The zero-order chi connectivity index (χ0) is 12.5. The summed E-state index contributed by atoms with van der Waals surface area (Å²) in [5.41, 5.74) is 0.719. The van der Waals surface area contributed by atoms with Gasteiger partial charge in [0.05, 0.1) is 18.6 Å². The van der Waals surface area contributed by atoms with Crippen LogP contribution in [0.4, 0.5) is 10.2 Å². The van der Waals surface area contributed by atoms with Crippen LogP contribution in [0.25, 0.3) is 0 Å². The first-order valence-corrected chi connectivity index (χ1v) is 6.26. The van der Waals surface area contributed by atoms with Crippen molar-refractivity contribution in [1.82, 2.24) is 14.5 Å². The summed E-state index contributed by atoms with van der Waals surface area (Å²) in [6.45, 7) is 2.36. The molecule has 0 N–H and O–H groups in total. The second-order valence-corrected chi connectivity index (χ2v) is 4.50. The quantitative estimate of drug-likeness (QED) is 0.782. The highest BCUT2D eigenvalue weighted by atomic mass is 35.5. The van der Waals surface area contributed by atoms with Gasteiger partial charge in [-0.15, -0.1) is 11.6 Å². The van der Waals surface area contributed by atoms with Crippen LogP contribution in [-0.2, 0) is 19.0 Å². The van der Waals surface area contributed by atoms with E-state index in [4.69, 9.17) is 11.6 Å². The molecule has 2 aromatic rings. The second kappa shape index (κ2) is 4.57. The molecule has 2 aromatic heterocycles. The first-order valence-electron chi connectivity index (χ1n) is 5.73. The molecule has 18 heavy (non-hydrogen) atoms. The molecular weight excluding hydrogens is 255 g/mol. The summed E-state index contributed by atoms with van der Waals surface area (Å²) < 4.78 is 15.2. The summed E-state index contributed by atoms with van der Waals surface area (Å²) in [6.07, 6.45) is 4.99. The maximum Gasteiger partial charge on any atom is 0.141 e. The lowest BCUT2D eigenvalue weighted by Crippen LogP contribution is -2.34. The molecule has 6 heteroatoms. The van der Waals surface area contributed by atoms with E-state index in [1.54, 1.807) is 6.20 Å². The zero-order valence-electron chi connectivity index (χ0n) is 9.68. The summed E-state index contributed by atoms with van der Waals surface area (Å²) in [5, 5.41) is 0.